The Morgan fingerprint density at radius 2 is 2.04 bits per heavy atom. The van der Waals surface area contributed by atoms with E-state index >= 15 is 0 Å². The smallest absolute Gasteiger partial charge is 0.266 e. The van der Waals surface area contributed by atoms with E-state index < -0.39 is 0 Å². The summed E-state index contributed by atoms with van der Waals surface area (Å²) < 4.78 is 0. The van der Waals surface area contributed by atoms with E-state index in [1.54, 1.807) is 35.2 Å². The lowest BCUT2D eigenvalue weighted by Gasteiger charge is -2.11. The third-order valence-corrected chi connectivity index (χ3v) is 4.65. The Kier molecular flexibility index (Phi) is 4.92. The van der Waals surface area contributed by atoms with E-state index in [0.717, 1.165) is 5.56 Å². The van der Waals surface area contributed by atoms with Crippen molar-refractivity contribution in [3.63, 3.8) is 0 Å². The Hall–Kier alpha value is -2.24. The molecule has 3 rings (SSSR count). The number of amidine groups is 1. The lowest BCUT2D eigenvalue weighted by atomic mass is 10.2. The summed E-state index contributed by atoms with van der Waals surface area (Å²) in [5.41, 5.74) is 1.47. The number of phenolic OH excluding ortho intramolecular Hbond substituents is 1. The number of phenols is 1. The minimum Gasteiger partial charge on any atom is -0.508 e. The van der Waals surface area contributed by atoms with Crippen LogP contribution >= 0.6 is 23.4 Å². The zero-order chi connectivity index (χ0) is 17.1. The summed E-state index contributed by atoms with van der Waals surface area (Å²) in [7, 11) is 0. The lowest BCUT2D eigenvalue weighted by molar-refractivity contribution is -0.122. The van der Waals surface area contributed by atoms with Gasteiger partial charge in [0.15, 0.2) is 5.17 Å². The Bertz CT molecular complexity index is 848. The average molecular weight is 359 g/mol. The van der Waals surface area contributed by atoms with Gasteiger partial charge in [-0.25, -0.2) is 4.99 Å². The third-order valence-electron chi connectivity index (χ3n) is 3.41. The Labute approximate surface area is 149 Å². The monoisotopic (exact) mass is 358 g/mol. The topological polar surface area (TPSA) is 52.9 Å². The second-order valence-corrected chi connectivity index (χ2v) is 6.57. The van der Waals surface area contributed by atoms with Gasteiger partial charge in [0, 0.05) is 17.6 Å². The molecule has 122 valence electrons. The largest absolute Gasteiger partial charge is 0.508 e. The summed E-state index contributed by atoms with van der Waals surface area (Å²) in [5, 5.41) is 10.8. The quantitative estimate of drug-likeness (QED) is 0.811. The molecule has 0 aliphatic carbocycles. The maximum absolute atomic E-state index is 12.6. The molecule has 0 unspecified atom stereocenters. The van der Waals surface area contributed by atoms with Crippen LogP contribution in [0.15, 0.2) is 58.4 Å². The molecule has 6 heteroatoms. The number of hydrogen-bond donors (Lipinski definition) is 1. The van der Waals surface area contributed by atoms with Gasteiger partial charge in [0.25, 0.3) is 5.91 Å². The molecule has 0 bridgehead atoms. The predicted molar refractivity (Wildman–Crippen MR) is 99.6 cm³/mol. The van der Waals surface area contributed by atoms with Gasteiger partial charge in [-0.05, 0) is 54.6 Å². The summed E-state index contributed by atoms with van der Waals surface area (Å²) in [6, 6.07) is 14.0. The van der Waals surface area contributed by atoms with Crippen LogP contribution in [0.3, 0.4) is 0 Å². The number of amides is 1. The molecular formula is C18H15ClN2O2S. The van der Waals surface area contributed by atoms with E-state index in [1.165, 1.54) is 11.8 Å². The molecule has 1 fully saturated rings. The molecule has 0 spiro atoms. The maximum Gasteiger partial charge on any atom is 0.266 e. The van der Waals surface area contributed by atoms with Crippen molar-refractivity contribution >= 4 is 46.2 Å². The Morgan fingerprint density at radius 3 is 2.75 bits per heavy atom. The molecule has 2 aromatic carbocycles. The van der Waals surface area contributed by atoms with Crippen molar-refractivity contribution in [2.45, 2.75) is 6.92 Å². The summed E-state index contributed by atoms with van der Waals surface area (Å²) in [5.74, 6) is 0.0605. The van der Waals surface area contributed by atoms with Crippen molar-refractivity contribution in [1.29, 1.82) is 0 Å². The van der Waals surface area contributed by atoms with Crippen LogP contribution < -0.4 is 0 Å². The van der Waals surface area contributed by atoms with E-state index in [0.29, 0.717) is 27.3 Å². The molecule has 1 N–H and O–H groups in total. The van der Waals surface area contributed by atoms with Gasteiger partial charge in [-0.2, -0.15) is 0 Å². The molecule has 1 saturated heterocycles. The number of nitrogens with zero attached hydrogens (tertiary/aromatic N) is 2. The Balaban J connectivity index is 1.94. The van der Waals surface area contributed by atoms with Crippen LogP contribution in [0.1, 0.15) is 12.5 Å². The first-order valence-corrected chi connectivity index (χ1v) is 8.61. The number of carbonyl (C=O) groups excluding carboxylic acids is 1. The SMILES string of the molecule is CCN1C(=O)/C(=C/c2cccc(Cl)c2)SC1=Nc1cccc(O)c1. The Morgan fingerprint density at radius 1 is 1.25 bits per heavy atom. The van der Waals surface area contributed by atoms with Crippen LogP contribution in [0.25, 0.3) is 6.08 Å². The van der Waals surface area contributed by atoms with Crippen LogP contribution in [-0.4, -0.2) is 27.6 Å². The number of likely N-dealkylation sites (N-methyl/N-ethyl adjacent to an activating group) is 1. The van der Waals surface area contributed by atoms with Crippen LogP contribution in [0.2, 0.25) is 5.02 Å². The average Bonchev–Trinajstić information content (AvgIpc) is 2.82. The van der Waals surface area contributed by atoms with E-state index in [2.05, 4.69) is 4.99 Å². The van der Waals surface area contributed by atoms with E-state index in [9.17, 15) is 9.90 Å². The molecule has 0 aromatic heterocycles. The molecule has 24 heavy (non-hydrogen) atoms. The zero-order valence-electron chi connectivity index (χ0n) is 12.9. The summed E-state index contributed by atoms with van der Waals surface area (Å²) in [4.78, 5) is 19.3. The van der Waals surface area contributed by atoms with Crippen LogP contribution in [-0.2, 0) is 4.79 Å². The van der Waals surface area contributed by atoms with Crippen LogP contribution in [0.5, 0.6) is 5.75 Å². The number of hydrogen-bond acceptors (Lipinski definition) is 4. The second-order valence-electron chi connectivity index (χ2n) is 5.13. The zero-order valence-corrected chi connectivity index (χ0v) is 14.5. The predicted octanol–water partition coefficient (Wildman–Crippen LogP) is 4.67. The summed E-state index contributed by atoms with van der Waals surface area (Å²) >= 11 is 7.31. The number of benzene rings is 2. The molecule has 0 radical (unpaired) electrons. The molecule has 1 amide bonds. The second kappa shape index (κ2) is 7.11. The highest BCUT2D eigenvalue weighted by Crippen LogP contribution is 2.34. The fraction of sp³-hybridized carbons (Fsp3) is 0.111. The van der Waals surface area contributed by atoms with Crippen molar-refractivity contribution < 1.29 is 9.90 Å². The molecule has 4 nitrogen and oxygen atoms in total. The van der Waals surface area contributed by atoms with Crippen molar-refractivity contribution in [3.05, 3.63) is 64.0 Å². The highest BCUT2D eigenvalue weighted by atomic mass is 35.5. The van der Waals surface area contributed by atoms with E-state index in [1.807, 2.05) is 31.2 Å². The minimum atomic E-state index is -0.0821. The number of aromatic hydroxyl groups is 1. The van der Waals surface area contributed by atoms with Gasteiger partial charge < -0.3 is 5.11 Å². The number of thioether (sulfide) groups is 1. The molecular weight excluding hydrogens is 344 g/mol. The van der Waals surface area contributed by atoms with Gasteiger partial charge in [-0.15, -0.1) is 0 Å². The highest BCUT2D eigenvalue weighted by Gasteiger charge is 2.32. The van der Waals surface area contributed by atoms with Gasteiger partial charge in [0.2, 0.25) is 0 Å². The normalized spacial score (nSPS) is 17.9. The molecule has 1 heterocycles. The first kappa shape index (κ1) is 16.6. The van der Waals surface area contributed by atoms with Gasteiger partial charge >= 0.3 is 0 Å². The minimum absolute atomic E-state index is 0.0821. The summed E-state index contributed by atoms with van der Waals surface area (Å²) in [6.45, 7) is 2.43. The highest BCUT2D eigenvalue weighted by molar-refractivity contribution is 8.18. The summed E-state index contributed by atoms with van der Waals surface area (Å²) in [6.07, 6.45) is 1.81. The van der Waals surface area contributed by atoms with Crippen molar-refractivity contribution in [1.82, 2.24) is 4.90 Å². The maximum atomic E-state index is 12.6. The van der Waals surface area contributed by atoms with Crippen LogP contribution in [0.4, 0.5) is 5.69 Å². The van der Waals surface area contributed by atoms with Crippen molar-refractivity contribution in [2.75, 3.05) is 6.54 Å². The van der Waals surface area contributed by atoms with Crippen molar-refractivity contribution in [3.8, 4) is 5.75 Å². The number of carbonyl (C=O) groups is 1. The molecule has 1 aliphatic rings. The van der Waals surface area contributed by atoms with Crippen LogP contribution in [0, 0.1) is 0 Å². The van der Waals surface area contributed by atoms with Gasteiger partial charge in [-0.1, -0.05) is 29.8 Å². The third kappa shape index (κ3) is 3.63. The van der Waals surface area contributed by atoms with E-state index in [-0.39, 0.29) is 11.7 Å². The standard InChI is InChI=1S/C18H15ClN2O2S/c1-2-21-17(23)16(10-12-5-3-6-13(19)9-12)24-18(21)20-14-7-4-8-15(22)11-14/h3-11,22H,2H2,1H3/b16-10-,20-18?. The number of aliphatic imine (C=N–C) groups is 1. The first-order valence-electron chi connectivity index (χ1n) is 7.41. The molecule has 2 aromatic rings. The van der Waals surface area contributed by atoms with Gasteiger partial charge in [0.1, 0.15) is 5.75 Å². The number of rotatable bonds is 3. The fourth-order valence-electron chi connectivity index (χ4n) is 2.29. The fourth-order valence-corrected chi connectivity index (χ4v) is 3.55. The lowest BCUT2D eigenvalue weighted by Crippen LogP contribution is -2.28. The van der Waals surface area contributed by atoms with Crippen molar-refractivity contribution in [2.24, 2.45) is 4.99 Å². The molecule has 1 aliphatic heterocycles. The number of halogens is 1. The molecule has 0 saturated carbocycles. The van der Waals surface area contributed by atoms with Gasteiger partial charge in [-0.3, -0.25) is 9.69 Å². The van der Waals surface area contributed by atoms with Gasteiger partial charge in [0.05, 0.1) is 10.6 Å². The van der Waals surface area contributed by atoms with E-state index in [4.69, 9.17) is 11.6 Å². The molecule has 0 atom stereocenters. The first-order chi connectivity index (χ1) is 11.6.